The molecule has 0 spiro atoms. The number of hydrogen-bond donors (Lipinski definition) is 2. The van der Waals surface area contributed by atoms with E-state index >= 15 is 0 Å². The van der Waals surface area contributed by atoms with Crippen LogP contribution in [0.1, 0.15) is 27.7 Å². The Bertz CT molecular complexity index is 629. The normalized spacial score (nSPS) is 20.4. The molecule has 1 fully saturated rings. The van der Waals surface area contributed by atoms with Crippen LogP contribution in [-0.4, -0.2) is 11.0 Å². The number of para-hydroxylation sites is 1. The van der Waals surface area contributed by atoms with E-state index in [-0.39, 0.29) is 0 Å². The number of fused-ring (bicyclic) bond motifs is 1. The van der Waals surface area contributed by atoms with Gasteiger partial charge in [0, 0.05) is 23.3 Å². The van der Waals surface area contributed by atoms with Gasteiger partial charge in [0.1, 0.15) is 0 Å². The molecule has 2 aromatic rings. The number of rotatable bonds is 2. The molecule has 1 saturated carbocycles. The molecule has 1 aliphatic carbocycles. The Kier molecular flexibility index (Phi) is 2.34. The second-order valence-electron chi connectivity index (χ2n) is 6.62. The molecule has 19 heavy (non-hydrogen) atoms. The zero-order valence-electron chi connectivity index (χ0n) is 12.0. The van der Waals surface area contributed by atoms with Gasteiger partial charge < -0.3 is 11.1 Å². The van der Waals surface area contributed by atoms with Gasteiger partial charge in [-0.2, -0.15) is 0 Å². The Balaban J connectivity index is 2.02. The number of hydrogen-bond acceptors (Lipinski definition) is 3. The van der Waals surface area contributed by atoms with Crippen molar-refractivity contribution in [2.75, 3.05) is 11.1 Å². The highest BCUT2D eigenvalue weighted by molar-refractivity contribution is 5.97. The lowest BCUT2D eigenvalue weighted by atomic mass is 10.0. The summed E-state index contributed by atoms with van der Waals surface area (Å²) >= 11 is 0. The molecule has 0 saturated heterocycles. The van der Waals surface area contributed by atoms with Crippen LogP contribution in [0.4, 0.5) is 11.4 Å². The third-order valence-electron chi connectivity index (χ3n) is 5.12. The quantitative estimate of drug-likeness (QED) is 0.805. The van der Waals surface area contributed by atoms with Crippen molar-refractivity contribution < 1.29 is 0 Å². The first-order valence-electron chi connectivity index (χ1n) is 6.75. The topological polar surface area (TPSA) is 50.9 Å². The molecule has 1 aromatic heterocycles. The summed E-state index contributed by atoms with van der Waals surface area (Å²) in [4.78, 5) is 4.38. The Morgan fingerprint density at radius 3 is 2.42 bits per heavy atom. The number of nitrogen functional groups attached to an aromatic ring is 1. The molecular formula is C16H21N3. The van der Waals surface area contributed by atoms with Gasteiger partial charge in [0.15, 0.2) is 0 Å². The maximum Gasteiger partial charge on any atom is 0.0951 e. The average Bonchev–Trinajstić information content (AvgIpc) is 2.73. The first kappa shape index (κ1) is 12.3. The van der Waals surface area contributed by atoms with Crippen molar-refractivity contribution in [3.05, 3.63) is 30.5 Å². The van der Waals surface area contributed by atoms with Crippen LogP contribution in [0.3, 0.4) is 0 Å². The van der Waals surface area contributed by atoms with Gasteiger partial charge >= 0.3 is 0 Å². The van der Waals surface area contributed by atoms with Crippen molar-refractivity contribution in [3.8, 4) is 0 Å². The number of nitrogens with zero attached hydrogens (tertiary/aromatic N) is 1. The number of pyridine rings is 1. The highest BCUT2D eigenvalue weighted by Crippen LogP contribution is 2.63. The highest BCUT2D eigenvalue weighted by Gasteiger charge is 2.64. The second-order valence-corrected chi connectivity index (χ2v) is 6.62. The first-order valence-corrected chi connectivity index (χ1v) is 6.75. The minimum absolute atomic E-state index is 0.308. The molecule has 1 heterocycles. The molecule has 0 unspecified atom stereocenters. The molecule has 1 aromatic carbocycles. The summed E-state index contributed by atoms with van der Waals surface area (Å²) < 4.78 is 0. The lowest BCUT2D eigenvalue weighted by molar-refractivity contribution is 0.457. The third-order valence-corrected chi connectivity index (χ3v) is 5.12. The van der Waals surface area contributed by atoms with Gasteiger partial charge in [-0.05, 0) is 23.0 Å². The molecule has 0 bridgehead atoms. The van der Waals surface area contributed by atoms with E-state index in [4.69, 9.17) is 5.73 Å². The van der Waals surface area contributed by atoms with Crippen LogP contribution in [0.2, 0.25) is 0 Å². The van der Waals surface area contributed by atoms with Crippen LogP contribution in [0.15, 0.2) is 30.5 Å². The Morgan fingerprint density at radius 1 is 1.11 bits per heavy atom. The molecular weight excluding hydrogens is 234 g/mol. The van der Waals surface area contributed by atoms with Crippen molar-refractivity contribution >= 4 is 22.3 Å². The first-order chi connectivity index (χ1) is 8.85. The Labute approximate surface area is 114 Å². The Morgan fingerprint density at radius 2 is 1.79 bits per heavy atom. The molecule has 0 aliphatic heterocycles. The van der Waals surface area contributed by atoms with E-state index in [1.807, 2.05) is 24.4 Å². The van der Waals surface area contributed by atoms with Crippen molar-refractivity contribution in [2.24, 2.45) is 10.8 Å². The van der Waals surface area contributed by atoms with Crippen LogP contribution in [0, 0.1) is 10.8 Å². The monoisotopic (exact) mass is 255 g/mol. The maximum absolute atomic E-state index is 5.99. The summed E-state index contributed by atoms with van der Waals surface area (Å²) in [7, 11) is 0. The van der Waals surface area contributed by atoms with Gasteiger partial charge in [-0.15, -0.1) is 0 Å². The number of anilines is 2. The lowest BCUT2D eigenvalue weighted by Gasteiger charge is -2.12. The van der Waals surface area contributed by atoms with Crippen LogP contribution >= 0.6 is 0 Å². The predicted molar refractivity (Wildman–Crippen MR) is 81.1 cm³/mol. The van der Waals surface area contributed by atoms with E-state index < -0.39 is 0 Å². The summed E-state index contributed by atoms with van der Waals surface area (Å²) in [6, 6.07) is 8.46. The van der Waals surface area contributed by atoms with Crippen molar-refractivity contribution in [2.45, 2.75) is 33.7 Å². The van der Waals surface area contributed by atoms with Crippen LogP contribution in [-0.2, 0) is 0 Å². The number of nitrogens with two attached hydrogens (primary N) is 1. The number of benzene rings is 1. The minimum Gasteiger partial charge on any atom is -0.397 e. The van der Waals surface area contributed by atoms with Gasteiger partial charge in [0.2, 0.25) is 0 Å². The molecule has 1 aliphatic rings. The van der Waals surface area contributed by atoms with Crippen LogP contribution in [0.5, 0.6) is 0 Å². The minimum atomic E-state index is 0.308. The van der Waals surface area contributed by atoms with Gasteiger partial charge in [-0.25, -0.2) is 0 Å². The van der Waals surface area contributed by atoms with Crippen molar-refractivity contribution in [1.82, 2.24) is 4.98 Å². The average molecular weight is 255 g/mol. The summed E-state index contributed by atoms with van der Waals surface area (Å²) in [6.45, 7) is 9.23. The molecule has 3 rings (SSSR count). The predicted octanol–water partition coefficient (Wildman–Crippen LogP) is 3.66. The summed E-state index contributed by atoms with van der Waals surface area (Å²) in [5, 5.41) is 4.77. The Hall–Kier alpha value is -1.77. The fraction of sp³-hybridized carbons (Fsp3) is 0.438. The van der Waals surface area contributed by atoms with E-state index in [0.29, 0.717) is 16.9 Å². The van der Waals surface area contributed by atoms with Gasteiger partial charge in [-0.1, -0.05) is 39.8 Å². The van der Waals surface area contributed by atoms with Crippen molar-refractivity contribution in [1.29, 1.82) is 0 Å². The largest absolute Gasteiger partial charge is 0.397 e. The van der Waals surface area contributed by atoms with E-state index in [9.17, 15) is 0 Å². The van der Waals surface area contributed by atoms with E-state index in [0.717, 1.165) is 22.3 Å². The number of aromatic nitrogens is 1. The zero-order chi connectivity index (χ0) is 13.8. The van der Waals surface area contributed by atoms with Gasteiger partial charge in [0.05, 0.1) is 11.2 Å². The fourth-order valence-corrected chi connectivity index (χ4v) is 3.04. The third kappa shape index (κ3) is 1.61. The van der Waals surface area contributed by atoms with Gasteiger partial charge in [-0.3, -0.25) is 4.98 Å². The van der Waals surface area contributed by atoms with Gasteiger partial charge in [0.25, 0.3) is 0 Å². The molecule has 0 radical (unpaired) electrons. The lowest BCUT2D eigenvalue weighted by Crippen LogP contribution is -2.10. The maximum atomic E-state index is 5.99. The second kappa shape index (κ2) is 3.62. The molecule has 100 valence electrons. The van der Waals surface area contributed by atoms with E-state index in [1.54, 1.807) is 0 Å². The fourth-order valence-electron chi connectivity index (χ4n) is 3.04. The van der Waals surface area contributed by atoms with E-state index in [2.05, 4.69) is 44.1 Å². The van der Waals surface area contributed by atoms with E-state index in [1.165, 1.54) is 0 Å². The molecule has 3 nitrogen and oxygen atoms in total. The molecule has 0 amide bonds. The van der Waals surface area contributed by atoms with Crippen LogP contribution in [0.25, 0.3) is 10.9 Å². The standard InChI is InChI=1S/C16H21N3/c1-15(2)14(16(15,3)4)19-12-8-9-18-13-10(12)6-5-7-11(13)17/h5-9,14H,17H2,1-4H3,(H,18,19). The number of nitrogens with one attached hydrogen (secondary N) is 1. The smallest absolute Gasteiger partial charge is 0.0951 e. The van der Waals surface area contributed by atoms with Crippen LogP contribution < -0.4 is 11.1 Å². The summed E-state index contributed by atoms with van der Waals surface area (Å²) in [6.07, 6.45) is 1.82. The summed E-state index contributed by atoms with van der Waals surface area (Å²) in [5.41, 5.74) is 9.34. The molecule has 3 heteroatoms. The zero-order valence-corrected chi connectivity index (χ0v) is 12.0. The molecule has 3 N–H and O–H groups in total. The molecule has 0 atom stereocenters. The SMILES string of the molecule is CC1(C)C(Nc2ccnc3c(N)cccc23)C1(C)C. The summed E-state index contributed by atoms with van der Waals surface area (Å²) in [5.74, 6) is 0. The van der Waals surface area contributed by atoms with Crippen molar-refractivity contribution in [3.63, 3.8) is 0 Å². The highest BCUT2D eigenvalue weighted by atomic mass is 15.0.